The minimum atomic E-state index is -0.239. The van der Waals surface area contributed by atoms with Gasteiger partial charge in [0.05, 0.1) is 0 Å². The van der Waals surface area contributed by atoms with Crippen LogP contribution in [-0.2, 0) is 10.2 Å². The lowest BCUT2D eigenvalue weighted by Crippen LogP contribution is -2.22. The first-order valence-electron chi connectivity index (χ1n) is 10.4. The van der Waals surface area contributed by atoms with Gasteiger partial charge in [0.15, 0.2) is 6.61 Å². The molecular weight excluding hydrogens is 470 g/mol. The van der Waals surface area contributed by atoms with Gasteiger partial charge in [-0.1, -0.05) is 61.0 Å². The van der Waals surface area contributed by atoms with Crippen molar-refractivity contribution in [2.24, 2.45) is 0 Å². The number of carbonyl (C=O) groups excluding carboxylic acids is 1. The standard InChI is InChI=1S/C26H28BrNO4/c1-26(2,3)23-16-19(27)12-13-24(23)32-18-25(29)28-20-8-7-11-22(17-20)31-15-14-30-21-9-5-4-6-10-21/h4-13,16-17H,14-15,18H2,1-3H3,(H,28,29). The average Bonchev–Trinajstić information content (AvgIpc) is 2.76. The zero-order valence-corrected chi connectivity index (χ0v) is 20.1. The Balaban J connectivity index is 1.49. The summed E-state index contributed by atoms with van der Waals surface area (Å²) in [5, 5.41) is 2.85. The van der Waals surface area contributed by atoms with Crippen LogP contribution in [0.5, 0.6) is 17.2 Å². The minimum Gasteiger partial charge on any atom is -0.490 e. The molecule has 0 saturated heterocycles. The summed E-state index contributed by atoms with van der Waals surface area (Å²) in [5.74, 6) is 1.92. The van der Waals surface area contributed by atoms with E-state index in [0.29, 0.717) is 30.4 Å². The van der Waals surface area contributed by atoms with Gasteiger partial charge in [-0.3, -0.25) is 4.79 Å². The van der Waals surface area contributed by atoms with Crippen LogP contribution in [-0.4, -0.2) is 25.7 Å². The van der Waals surface area contributed by atoms with Crippen LogP contribution in [0.3, 0.4) is 0 Å². The Hall–Kier alpha value is -2.99. The van der Waals surface area contributed by atoms with E-state index in [-0.39, 0.29) is 17.9 Å². The van der Waals surface area contributed by atoms with E-state index in [1.54, 1.807) is 6.07 Å². The molecule has 5 nitrogen and oxygen atoms in total. The first kappa shape index (κ1) is 23.7. The first-order valence-corrected chi connectivity index (χ1v) is 11.2. The Kier molecular flexibility index (Phi) is 8.17. The number of halogens is 1. The van der Waals surface area contributed by atoms with Gasteiger partial charge in [-0.2, -0.15) is 0 Å². The second-order valence-electron chi connectivity index (χ2n) is 8.27. The number of hydrogen-bond acceptors (Lipinski definition) is 4. The van der Waals surface area contributed by atoms with Gasteiger partial charge in [0, 0.05) is 21.8 Å². The van der Waals surface area contributed by atoms with E-state index < -0.39 is 0 Å². The Morgan fingerprint density at radius 3 is 2.25 bits per heavy atom. The van der Waals surface area contributed by atoms with Crippen molar-refractivity contribution >= 4 is 27.5 Å². The smallest absolute Gasteiger partial charge is 0.262 e. The van der Waals surface area contributed by atoms with E-state index in [4.69, 9.17) is 14.2 Å². The lowest BCUT2D eigenvalue weighted by molar-refractivity contribution is -0.118. The summed E-state index contributed by atoms with van der Waals surface area (Å²) in [6.45, 7) is 7.07. The maximum absolute atomic E-state index is 12.4. The largest absolute Gasteiger partial charge is 0.490 e. The molecule has 0 fully saturated rings. The van der Waals surface area contributed by atoms with Gasteiger partial charge >= 0.3 is 0 Å². The van der Waals surface area contributed by atoms with Gasteiger partial charge in [0.25, 0.3) is 5.91 Å². The molecule has 0 atom stereocenters. The summed E-state index contributed by atoms with van der Waals surface area (Å²) in [5.41, 5.74) is 1.57. The molecule has 6 heteroatoms. The number of nitrogens with one attached hydrogen (secondary N) is 1. The number of carbonyl (C=O) groups is 1. The van der Waals surface area contributed by atoms with Crippen LogP contribution in [0.2, 0.25) is 0 Å². The van der Waals surface area contributed by atoms with Crippen molar-refractivity contribution in [3.05, 3.63) is 82.8 Å². The number of anilines is 1. The van der Waals surface area contributed by atoms with Crippen molar-refractivity contribution in [3.63, 3.8) is 0 Å². The highest BCUT2D eigenvalue weighted by Crippen LogP contribution is 2.33. The molecule has 1 N–H and O–H groups in total. The topological polar surface area (TPSA) is 56.8 Å². The zero-order chi connectivity index (χ0) is 23.0. The number of hydrogen-bond donors (Lipinski definition) is 1. The Morgan fingerprint density at radius 2 is 1.53 bits per heavy atom. The lowest BCUT2D eigenvalue weighted by atomic mass is 9.86. The molecule has 0 aliphatic heterocycles. The molecule has 3 aromatic rings. The van der Waals surface area contributed by atoms with E-state index >= 15 is 0 Å². The lowest BCUT2D eigenvalue weighted by Gasteiger charge is -2.23. The van der Waals surface area contributed by atoms with E-state index in [2.05, 4.69) is 42.0 Å². The third-order valence-electron chi connectivity index (χ3n) is 4.59. The number of ether oxygens (including phenoxy) is 3. The molecule has 0 aliphatic rings. The highest BCUT2D eigenvalue weighted by molar-refractivity contribution is 9.10. The minimum absolute atomic E-state index is 0.0826. The monoisotopic (exact) mass is 497 g/mol. The molecule has 0 saturated carbocycles. The molecular formula is C26H28BrNO4. The van der Waals surface area contributed by atoms with Crippen molar-refractivity contribution in [2.45, 2.75) is 26.2 Å². The molecule has 0 bridgehead atoms. The van der Waals surface area contributed by atoms with E-state index in [1.807, 2.05) is 66.7 Å². The van der Waals surface area contributed by atoms with Crippen LogP contribution >= 0.6 is 15.9 Å². The molecule has 0 unspecified atom stereocenters. The normalized spacial score (nSPS) is 11.0. The highest BCUT2D eigenvalue weighted by atomic mass is 79.9. The highest BCUT2D eigenvalue weighted by Gasteiger charge is 2.20. The molecule has 1 amide bonds. The van der Waals surface area contributed by atoms with Gasteiger partial charge in [-0.15, -0.1) is 0 Å². The van der Waals surface area contributed by atoms with Crippen LogP contribution < -0.4 is 19.5 Å². The van der Waals surface area contributed by atoms with Crippen molar-refractivity contribution in [2.75, 3.05) is 25.1 Å². The summed E-state index contributed by atoms with van der Waals surface area (Å²) in [6.07, 6.45) is 0. The number of para-hydroxylation sites is 1. The van der Waals surface area contributed by atoms with Gasteiger partial charge in [0.2, 0.25) is 0 Å². The summed E-state index contributed by atoms with van der Waals surface area (Å²) < 4.78 is 18.2. The van der Waals surface area contributed by atoms with E-state index in [1.165, 1.54) is 0 Å². The van der Waals surface area contributed by atoms with Crippen molar-refractivity contribution < 1.29 is 19.0 Å². The van der Waals surface area contributed by atoms with E-state index in [0.717, 1.165) is 15.8 Å². The fourth-order valence-corrected chi connectivity index (χ4v) is 3.42. The van der Waals surface area contributed by atoms with Gasteiger partial charge in [-0.25, -0.2) is 0 Å². The predicted octanol–water partition coefficient (Wildman–Crippen LogP) is 6.22. The van der Waals surface area contributed by atoms with Gasteiger partial charge < -0.3 is 19.5 Å². The fraction of sp³-hybridized carbons (Fsp3) is 0.269. The molecule has 0 spiro atoms. The van der Waals surface area contributed by atoms with Crippen molar-refractivity contribution in [1.82, 2.24) is 0 Å². The maximum atomic E-state index is 12.4. The second kappa shape index (κ2) is 11.0. The third-order valence-corrected chi connectivity index (χ3v) is 5.08. The second-order valence-corrected chi connectivity index (χ2v) is 9.18. The van der Waals surface area contributed by atoms with Crippen LogP contribution in [0.25, 0.3) is 0 Å². The van der Waals surface area contributed by atoms with Crippen LogP contribution in [0.15, 0.2) is 77.3 Å². The van der Waals surface area contributed by atoms with Crippen LogP contribution in [0.4, 0.5) is 5.69 Å². The molecule has 32 heavy (non-hydrogen) atoms. The van der Waals surface area contributed by atoms with Crippen molar-refractivity contribution in [1.29, 1.82) is 0 Å². The fourth-order valence-electron chi connectivity index (χ4n) is 3.05. The summed E-state index contributed by atoms with van der Waals surface area (Å²) in [7, 11) is 0. The molecule has 3 rings (SSSR count). The van der Waals surface area contributed by atoms with Crippen LogP contribution in [0.1, 0.15) is 26.3 Å². The Bertz CT molecular complexity index is 1030. The molecule has 0 heterocycles. The quantitative estimate of drug-likeness (QED) is 0.356. The Labute approximate surface area is 197 Å². The average molecular weight is 498 g/mol. The molecule has 0 aliphatic carbocycles. The van der Waals surface area contributed by atoms with Gasteiger partial charge in [-0.05, 0) is 47.9 Å². The maximum Gasteiger partial charge on any atom is 0.262 e. The summed E-state index contributed by atoms with van der Waals surface area (Å²) in [6, 6.07) is 22.7. The number of amides is 1. The first-order chi connectivity index (χ1) is 15.3. The SMILES string of the molecule is CC(C)(C)c1cc(Br)ccc1OCC(=O)Nc1cccc(OCCOc2ccccc2)c1. The molecule has 0 aromatic heterocycles. The number of benzene rings is 3. The van der Waals surface area contributed by atoms with Crippen LogP contribution in [0, 0.1) is 0 Å². The van der Waals surface area contributed by atoms with E-state index in [9.17, 15) is 4.79 Å². The summed E-state index contributed by atoms with van der Waals surface area (Å²) in [4.78, 5) is 12.4. The molecule has 0 radical (unpaired) electrons. The van der Waals surface area contributed by atoms with Crippen molar-refractivity contribution in [3.8, 4) is 17.2 Å². The molecule has 3 aromatic carbocycles. The molecule has 168 valence electrons. The Morgan fingerprint density at radius 1 is 0.844 bits per heavy atom. The van der Waals surface area contributed by atoms with Gasteiger partial charge in [0.1, 0.15) is 30.5 Å². The zero-order valence-electron chi connectivity index (χ0n) is 18.6. The third kappa shape index (κ3) is 7.31. The number of rotatable bonds is 9. The predicted molar refractivity (Wildman–Crippen MR) is 131 cm³/mol. The summed E-state index contributed by atoms with van der Waals surface area (Å²) >= 11 is 3.50.